The van der Waals surface area contributed by atoms with Crippen LogP contribution in [-0.4, -0.2) is 8.97 Å². The summed E-state index contributed by atoms with van der Waals surface area (Å²) < 4.78 is 4.72. The highest BCUT2D eigenvalue weighted by Gasteiger charge is 2.21. The van der Waals surface area contributed by atoms with Crippen LogP contribution in [0.25, 0.3) is 44.3 Å². The zero-order chi connectivity index (χ0) is 18.5. The van der Waals surface area contributed by atoms with Gasteiger partial charge in [-0.05, 0) is 35.9 Å². The molecule has 0 aliphatic carbocycles. The molecular formula is C26H18N2. The maximum Gasteiger partial charge on any atom is 0.0803 e. The van der Waals surface area contributed by atoms with Gasteiger partial charge in [0.2, 0.25) is 0 Å². The zero-order valence-corrected chi connectivity index (χ0v) is 15.3. The summed E-state index contributed by atoms with van der Waals surface area (Å²) in [6, 6.07) is 36.5. The summed E-state index contributed by atoms with van der Waals surface area (Å²) in [4.78, 5) is 0. The van der Waals surface area contributed by atoms with Crippen molar-refractivity contribution < 1.29 is 0 Å². The van der Waals surface area contributed by atoms with Crippen LogP contribution < -0.4 is 0 Å². The molecule has 2 heteroatoms. The first kappa shape index (κ1) is 15.3. The average Bonchev–Trinajstić information content (AvgIpc) is 3.28. The summed E-state index contributed by atoms with van der Waals surface area (Å²) in [6.45, 7) is 0. The molecule has 6 rings (SSSR count). The first-order chi connectivity index (χ1) is 13.9. The fourth-order valence-electron chi connectivity index (χ4n) is 4.40. The predicted molar refractivity (Wildman–Crippen MR) is 117 cm³/mol. The van der Waals surface area contributed by atoms with E-state index in [1.807, 2.05) is 0 Å². The molecule has 0 fully saturated rings. The Balaban J connectivity index is 1.91. The highest BCUT2D eigenvalue weighted by atomic mass is 15.0. The molecule has 0 bridgehead atoms. The van der Waals surface area contributed by atoms with E-state index < -0.39 is 0 Å². The van der Waals surface area contributed by atoms with Crippen LogP contribution in [0.3, 0.4) is 0 Å². The topological polar surface area (TPSA) is 9.34 Å². The molecule has 0 saturated carbocycles. The first-order valence-corrected chi connectivity index (χ1v) is 9.56. The van der Waals surface area contributed by atoms with Crippen molar-refractivity contribution in [2.45, 2.75) is 0 Å². The highest BCUT2D eigenvalue weighted by molar-refractivity contribution is 6.20. The molecule has 0 N–H and O–H groups in total. The van der Waals surface area contributed by atoms with Gasteiger partial charge < -0.3 is 8.97 Å². The van der Waals surface area contributed by atoms with Crippen LogP contribution >= 0.6 is 0 Å². The lowest BCUT2D eigenvalue weighted by Crippen LogP contribution is -1.94. The molecule has 6 aromatic rings. The molecule has 2 nitrogen and oxygen atoms in total. The minimum atomic E-state index is 1.18. The average molecular weight is 358 g/mol. The Hall–Kier alpha value is -3.78. The molecule has 0 unspecified atom stereocenters. The standard InChI is InChI=1S/C26H18N2/c1-3-11-19(12-4-1)25-24-21-15-7-8-16-22(21)28(20-13-5-2-6-14-20)26(24)23-17-9-10-18-27(23)25/h1-18H. The van der Waals surface area contributed by atoms with Gasteiger partial charge in [0.15, 0.2) is 0 Å². The fourth-order valence-corrected chi connectivity index (χ4v) is 4.40. The van der Waals surface area contributed by atoms with Crippen molar-refractivity contribution in [2.75, 3.05) is 0 Å². The van der Waals surface area contributed by atoms with Crippen molar-refractivity contribution in [3.8, 4) is 16.9 Å². The Morgan fingerprint density at radius 3 is 2.00 bits per heavy atom. The van der Waals surface area contributed by atoms with Gasteiger partial charge in [-0.25, -0.2) is 0 Å². The van der Waals surface area contributed by atoms with E-state index in [0.29, 0.717) is 0 Å². The molecular weight excluding hydrogens is 340 g/mol. The van der Waals surface area contributed by atoms with Crippen molar-refractivity contribution in [1.82, 2.24) is 8.97 Å². The number of pyridine rings is 1. The lowest BCUT2D eigenvalue weighted by Gasteiger charge is -2.08. The van der Waals surface area contributed by atoms with Gasteiger partial charge in [-0.15, -0.1) is 0 Å². The second-order valence-corrected chi connectivity index (χ2v) is 7.08. The van der Waals surface area contributed by atoms with Crippen LogP contribution in [0.2, 0.25) is 0 Å². The van der Waals surface area contributed by atoms with E-state index in [0.717, 1.165) is 0 Å². The third-order valence-corrected chi connectivity index (χ3v) is 5.52. The van der Waals surface area contributed by atoms with Gasteiger partial charge in [0.1, 0.15) is 0 Å². The maximum absolute atomic E-state index is 2.40. The largest absolute Gasteiger partial charge is 0.314 e. The van der Waals surface area contributed by atoms with Crippen LogP contribution in [0.5, 0.6) is 0 Å². The van der Waals surface area contributed by atoms with Gasteiger partial charge in [0, 0.05) is 22.7 Å². The lowest BCUT2D eigenvalue weighted by atomic mass is 10.1. The number of para-hydroxylation sites is 2. The van der Waals surface area contributed by atoms with Crippen LogP contribution in [0.1, 0.15) is 0 Å². The molecule has 0 spiro atoms. The third-order valence-electron chi connectivity index (χ3n) is 5.52. The Labute approximate surface area is 162 Å². The molecule has 0 saturated heterocycles. The van der Waals surface area contributed by atoms with Crippen LogP contribution in [0, 0.1) is 0 Å². The lowest BCUT2D eigenvalue weighted by molar-refractivity contribution is 1.17. The number of nitrogens with zero attached hydrogens (tertiary/aromatic N) is 2. The number of hydrogen-bond donors (Lipinski definition) is 0. The summed E-state index contributed by atoms with van der Waals surface area (Å²) in [6.07, 6.45) is 2.17. The second kappa shape index (κ2) is 5.86. The molecule has 3 heterocycles. The predicted octanol–water partition coefficient (Wildman–Crippen LogP) is 6.70. The molecule has 0 aliphatic heterocycles. The molecule has 0 radical (unpaired) electrons. The van der Waals surface area contributed by atoms with Gasteiger partial charge >= 0.3 is 0 Å². The van der Waals surface area contributed by atoms with Gasteiger partial charge in [-0.3, -0.25) is 0 Å². The summed E-state index contributed by atoms with van der Waals surface area (Å²) in [5, 5.41) is 2.58. The Morgan fingerprint density at radius 2 is 1.18 bits per heavy atom. The van der Waals surface area contributed by atoms with Gasteiger partial charge in [-0.1, -0.05) is 72.8 Å². The fraction of sp³-hybridized carbons (Fsp3) is 0. The molecule has 0 aliphatic rings. The SMILES string of the molecule is c1ccc(-c2c3c4ccccc4n(-c4ccccc4)c3c3ccccn23)cc1. The molecule has 0 amide bonds. The smallest absolute Gasteiger partial charge is 0.0803 e. The molecule has 3 aromatic carbocycles. The molecule has 0 atom stereocenters. The number of hydrogen-bond acceptors (Lipinski definition) is 0. The summed E-state index contributed by atoms with van der Waals surface area (Å²) >= 11 is 0. The number of rotatable bonds is 2. The molecule has 132 valence electrons. The van der Waals surface area contributed by atoms with Gasteiger partial charge in [-0.2, -0.15) is 0 Å². The normalized spacial score (nSPS) is 11.6. The molecule has 28 heavy (non-hydrogen) atoms. The van der Waals surface area contributed by atoms with E-state index >= 15 is 0 Å². The van der Waals surface area contributed by atoms with E-state index in [4.69, 9.17) is 0 Å². The zero-order valence-electron chi connectivity index (χ0n) is 15.3. The summed E-state index contributed by atoms with van der Waals surface area (Å²) in [5.41, 5.74) is 7.38. The summed E-state index contributed by atoms with van der Waals surface area (Å²) in [5.74, 6) is 0. The minimum Gasteiger partial charge on any atom is -0.314 e. The van der Waals surface area contributed by atoms with Crippen molar-refractivity contribution in [2.24, 2.45) is 0 Å². The number of aromatic nitrogens is 2. The Morgan fingerprint density at radius 1 is 0.536 bits per heavy atom. The minimum absolute atomic E-state index is 1.18. The number of benzene rings is 3. The van der Waals surface area contributed by atoms with Gasteiger partial charge in [0.25, 0.3) is 0 Å². The number of fused-ring (bicyclic) bond motifs is 5. The Kier molecular flexibility index (Phi) is 3.20. The van der Waals surface area contributed by atoms with E-state index in [9.17, 15) is 0 Å². The molecule has 3 aromatic heterocycles. The third kappa shape index (κ3) is 2.03. The highest BCUT2D eigenvalue weighted by Crippen LogP contribution is 2.42. The Bertz CT molecular complexity index is 1320. The van der Waals surface area contributed by atoms with Crippen LogP contribution in [0.4, 0.5) is 0 Å². The van der Waals surface area contributed by atoms with Crippen molar-refractivity contribution in [1.29, 1.82) is 0 Å². The van der Waals surface area contributed by atoms with E-state index in [2.05, 4.69) is 118 Å². The van der Waals surface area contributed by atoms with E-state index in [1.54, 1.807) is 0 Å². The van der Waals surface area contributed by atoms with Crippen LogP contribution in [-0.2, 0) is 0 Å². The second-order valence-electron chi connectivity index (χ2n) is 7.08. The first-order valence-electron chi connectivity index (χ1n) is 9.56. The summed E-state index contributed by atoms with van der Waals surface area (Å²) in [7, 11) is 0. The monoisotopic (exact) mass is 358 g/mol. The van der Waals surface area contributed by atoms with Crippen LogP contribution in [0.15, 0.2) is 109 Å². The van der Waals surface area contributed by atoms with E-state index in [1.165, 1.54) is 44.3 Å². The van der Waals surface area contributed by atoms with E-state index in [-0.39, 0.29) is 0 Å². The van der Waals surface area contributed by atoms with Crippen molar-refractivity contribution in [3.63, 3.8) is 0 Å². The van der Waals surface area contributed by atoms with Gasteiger partial charge in [0.05, 0.1) is 22.2 Å². The van der Waals surface area contributed by atoms with Crippen molar-refractivity contribution >= 4 is 27.3 Å². The maximum atomic E-state index is 2.40. The quantitative estimate of drug-likeness (QED) is 0.326. The van der Waals surface area contributed by atoms with Crippen molar-refractivity contribution in [3.05, 3.63) is 109 Å².